The van der Waals surface area contributed by atoms with Gasteiger partial charge in [-0.2, -0.15) is 0 Å². The summed E-state index contributed by atoms with van der Waals surface area (Å²) in [6, 6.07) is 17.6. The van der Waals surface area contributed by atoms with E-state index >= 15 is 0 Å². The van der Waals surface area contributed by atoms with E-state index in [2.05, 4.69) is 0 Å². The molecule has 0 bridgehead atoms. The van der Waals surface area contributed by atoms with Gasteiger partial charge >= 0.3 is 6.09 Å². The van der Waals surface area contributed by atoms with Crippen LogP contribution in [-0.2, 0) is 9.30 Å². The van der Waals surface area contributed by atoms with Crippen molar-refractivity contribution in [3.63, 3.8) is 0 Å². The van der Waals surface area contributed by atoms with Crippen LogP contribution in [0.3, 0.4) is 0 Å². The number of carbonyl (C=O) groups excluding carboxylic acids is 1. The normalized spacial score (nSPS) is 18.7. The fourth-order valence-corrected chi connectivity index (χ4v) is 6.58. The molecule has 2 aromatic rings. The van der Waals surface area contributed by atoms with Crippen LogP contribution in [0.1, 0.15) is 33.6 Å². The van der Waals surface area contributed by atoms with Crippen molar-refractivity contribution >= 4 is 23.8 Å². The molecule has 150 valence electrons. The Bertz CT molecular complexity index is 804. The Morgan fingerprint density at radius 1 is 1.07 bits per heavy atom. The Hall–Kier alpha value is -2.10. The number of aliphatic hydroxyl groups is 1. The average molecular weight is 401 g/mol. The minimum absolute atomic E-state index is 0.471. The number of rotatable bonds is 4. The van der Waals surface area contributed by atoms with Gasteiger partial charge in [0.05, 0.1) is 6.04 Å². The van der Waals surface area contributed by atoms with Crippen LogP contribution in [0.15, 0.2) is 60.7 Å². The first kappa shape index (κ1) is 20.6. The van der Waals surface area contributed by atoms with Crippen molar-refractivity contribution in [1.29, 1.82) is 0 Å². The topological polar surface area (TPSA) is 66.8 Å². The summed E-state index contributed by atoms with van der Waals surface area (Å²) in [6.45, 7) is 5.92. The van der Waals surface area contributed by atoms with E-state index in [0.717, 1.165) is 6.42 Å². The molecule has 1 fully saturated rings. The standard InChI is InChI=1S/C22H28NO4P/c1-22(2,3)27-21(25)23-16-10-15-19(23)20(24)28(26,17-11-6-4-7-12-17)18-13-8-5-9-14-18/h4-9,11-14,19-20,24H,10,15-16H2,1-3H3/t19-,20?/m0/s1. The number of amides is 1. The van der Waals surface area contributed by atoms with Crippen LogP contribution in [0.5, 0.6) is 0 Å². The summed E-state index contributed by atoms with van der Waals surface area (Å²) in [7, 11) is -3.39. The third-order valence-electron chi connectivity index (χ3n) is 4.92. The fraction of sp³-hybridized carbons (Fsp3) is 0.409. The lowest BCUT2D eigenvalue weighted by Crippen LogP contribution is -2.47. The zero-order valence-electron chi connectivity index (χ0n) is 16.6. The van der Waals surface area contributed by atoms with Gasteiger partial charge in [0, 0.05) is 17.2 Å². The number of benzene rings is 2. The molecule has 1 heterocycles. The SMILES string of the molecule is CC(C)(C)OC(=O)N1CCC[C@H]1C(O)P(=O)(c1ccccc1)c1ccccc1. The van der Waals surface area contributed by atoms with E-state index in [9.17, 15) is 14.5 Å². The zero-order chi connectivity index (χ0) is 20.4. The van der Waals surface area contributed by atoms with E-state index in [1.54, 1.807) is 24.3 Å². The number of ether oxygens (including phenoxy) is 1. The van der Waals surface area contributed by atoms with Crippen LogP contribution in [0.4, 0.5) is 4.79 Å². The van der Waals surface area contributed by atoms with Gasteiger partial charge < -0.3 is 19.3 Å². The van der Waals surface area contributed by atoms with E-state index in [4.69, 9.17) is 4.74 Å². The molecule has 0 spiro atoms. The monoisotopic (exact) mass is 401 g/mol. The Kier molecular flexibility index (Phi) is 5.97. The summed E-state index contributed by atoms with van der Waals surface area (Å²) in [6.07, 6.45) is 0.857. The first-order valence-corrected chi connectivity index (χ1v) is 11.4. The molecule has 28 heavy (non-hydrogen) atoms. The summed E-state index contributed by atoms with van der Waals surface area (Å²) in [5.41, 5.74) is -0.627. The number of aliphatic hydroxyl groups excluding tert-OH is 1. The fourth-order valence-electron chi connectivity index (χ4n) is 3.65. The van der Waals surface area contributed by atoms with Crippen LogP contribution in [-0.4, -0.2) is 40.1 Å². The van der Waals surface area contributed by atoms with Crippen molar-refractivity contribution < 1.29 is 19.2 Å². The first-order valence-electron chi connectivity index (χ1n) is 9.62. The van der Waals surface area contributed by atoms with Crippen molar-refractivity contribution in [3.8, 4) is 0 Å². The van der Waals surface area contributed by atoms with Crippen molar-refractivity contribution in [2.75, 3.05) is 6.54 Å². The molecule has 1 saturated heterocycles. The number of likely N-dealkylation sites (tertiary alicyclic amines) is 1. The molecule has 1 amide bonds. The Labute approximate surface area is 166 Å². The minimum atomic E-state index is -3.39. The van der Waals surface area contributed by atoms with Gasteiger partial charge in [-0.1, -0.05) is 60.7 Å². The molecule has 0 aliphatic carbocycles. The van der Waals surface area contributed by atoms with Crippen molar-refractivity contribution in [2.45, 2.75) is 51.1 Å². The maximum atomic E-state index is 14.3. The lowest BCUT2D eigenvalue weighted by Gasteiger charge is -2.34. The van der Waals surface area contributed by atoms with Crippen LogP contribution in [0.2, 0.25) is 0 Å². The quantitative estimate of drug-likeness (QED) is 0.793. The van der Waals surface area contributed by atoms with E-state index in [1.165, 1.54) is 4.90 Å². The molecule has 1 aliphatic heterocycles. The van der Waals surface area contributed by atoms with Crippen molar-refractivity contribution in [2.24, 2.45) is 0 Å². The van der Waals surface area contributed by atoms with Gasteiger partial charge in [0.2, 0.25) is 0 Å². The average Bonchev–Trinajstić information content (AvgIpc) is 3.17. The van der Waals surface area contributed by atoms with Gasteiger partial charge in [0.25, 0.3) is 0 Å². The molecule has 0 saturated carbocycles. The molecule has 1 N–H and O–H groups in total. The number of nitrogens with zero attached hydrogens (tertiary/aromatic N) is 1. The maximum Gasteiger partial charge on any atom is 0.410 e. The molecule has 0 radical (unpaired) electrons. The largest absolute Gasteiger partial charge is 0.444 e. The minimum Gasteiger partial charge on any atom is -0.444 e. The van der Waals surface area contributed by atoms with Gasteiger partial charge in [-0.25, -0.2) is 4.79 Å². The summed E-state index contributed by atoms with van der Waals surface area (Å²) < 4.78 is 19.8. The Balaban J connectivity index is 1.99. The van der Waals surface area contributed by atoms with E-state index in [1.807, 2.05) is 57.2 Å². The second-order valence-corrected chi connectivity index (χ2v) is 11.0. The van der Waals surface area contributed by atoms with Crippen LogP contribution < -0.4 is 10.6 Å². The smallest absolute Gasteiger partial charge is 0.410 e. The maximum absolute atomic E-state index is 14.3. The van der Waals surface area contributed by atoms with Gasteiger partial charge in [0.1, 0.15) is 11.4 Å². The summed E-state index contributed by atoms with van der Waals surface area (Å²) >= 11 is 0. The van der Waals surface area contributed by atoms with E-state index < -0.39 is 30.7 Å². The second kappa shape index (κ2) is 8.10. The molecule has 2 aromatic carbocycles. The molecule has 0 aromatic heterocycles. The number of hydrogen-bond acceptors (Lipinski definition) is 4. The molecule has 1 unspecified atom stereocenters. The number of hydrogen-bond donors (Lipinski definition) is 1. The van der Waals surface area contributed by atoms with Gasteiger partial charge in [0.15, 0.2) is 7.14 Å². The third kappa shape index (κ3) is 4.16. The molecule has 5 nitrogen and oxygen atoms in total. The van der Waals surface area contributed by atoms with Gasteiger partial charge in [-0.3, -0.25) is 0 Å². The highest BCUT2D eigenvalue weighted by Gasteiger charge is 2.46. The lowest BCUT2D eigenvalue weighted by atomic mass is 10.2. The zero-order valence-corrected chi connectivity index (χ0v) is 17.5. The summed E-state index contributed by atoms with van der Waals surface area (Å²) in [5, 5.41) is 12.6. The Morgan fingerprint density at radius 2 is 1.57 bits per heavy atom. The van der Waals surface area contributed by atoms with E-state index in [-0.39, 0.29) is 0 Å². The highest BCUT2D eigenvalue weighted by molar-refractivity contribution is 7.79. The molecule has 1 aliphatic rings. The first-order chi connectivity index (χ1) is 13.2. The predicted molar refractivity (Wildman–Crippen MR) is 112 cm³/mol. The molecule has 6 heteroatoms. The third-order valence-corrected chi connectivity index (χ3v) is 8.14. The lowest BCUT2D eigenvalue weighted by molar-refractivity contribution is 0.0144. The van der Waals surface area contributed by atoms with Gasteiger partial charge in [-0.05, 0) is 33.6 Å². The van der Waals surface area contributed by atoms with Gasteiger partial charge in [-0.15, -0.1) is 0 Å². The Morgan fingerprint density at radius 3 is 2.04 bits per heavy atom. The van der Waals surface area contributed by atoms with Crippen LogP contribution in [0.25, 0.3) is 0 Å². The highest BCUT2D eigenvalue weighted by Crippen LogP contribution is 2.51. The molecule has 3 rings (SSSR count). The van der Waals surface area contributed by atoms with Crippen molar-refractivity contribution in [3.05, 3.63) is 60.7 Å². The molecular weight excluding hydrogens is 373 g/mol. The predicted octanol–water partition coefficient (Wildman–Crippen LogP) is 3.72. The summed E-state index contributed by atoms with van der Waals surface area (Å²) in [4.78, 5) is 14.2. The van der Waals surface area contributed by atoms with E-state index in [0.29, 0.717) is 23.6 Å². The van der Waals surface area contributed by atoms with Crippen molar-refractivity contribution in [1.82, 2.24) is 4.90 Å². The van der Waals surface area contributed by atoms with Crippen LogP contribution >= 0.6 is 7.14 Å². The molecule has 2 atom stereocenters. The highest BCUT2D eigenvalue weighted by atomic mass is 31.2. The van der Waals surface area contributed by atoms with Crippen LogP contribution in [0, 0.1) is 0 Å². The second-order valence-electron chi connectivity index (χ2n) is 8.13. The summed E-state index contributed by atoms with van der Waals surface area (Å²) in [5.74, 6) is -1.20. The molecular formula is C22H28NO4P. The number of carbonyl (C=O) groups is 1.